The Morgan fingerprint density at radius 3 is 2.87 bits per heavy atom. The molecule has 1 atom stereocenters. The number of rotatable bonds is 1. The van der Waals surface area contributed by atoms with E-state index in [1.54, 1.807) is 6.07 Å². The lowest BCUT2D eigenvalue weighted by Gasteiger charge is -2.26. The van der Waals surface area contributed by atoms with E-state index in [2.05, 4.69) is 5.32 Å². The molecule has 1 aliphatic heterocycles. The lowest BCUT2D eigenvalue weighted by molar-refractivity contribution is -0.116. The van der Waals surface area contributed by atoms with Crippen LogP contribution in [0.2, 0.25) is 0 Å². The van der Waals surface area contributed by atoms with Crippen molar-refractivity contribution in [3.8, 4) is 0 Å². The quantitative estimate of drug-likeness (QED) is 0.796. The Kier molecular flexibility index (Phi) is 2.69. The monoisotopic (exact) mass is 225 g/mol. The number of nitrogens with one attached hydrogen (secondary N) is 1. The molecule has 1 N–H and O–H groups in total. The molecule has 1 aromatic carbocycles. The number of amides is 1. The number of carbonyl (C=O) groups excluding carboxylic acids is 1. The predicted molar refractivity (Wildman–Crippen MR) is 59.5 cm³/mol. The molecular formula is C11H12FNOS. The zero-order valence-electron chi connectivity index (χ0n) is 8.58. The van der Waals surface area contributed by atoms with Crippen LogP contribution in [0.4, 0.5) is 10.1 Å². The Morgan fingerprint density at radius 1 is 1.47 bits per heavy atom. The number of halogens is 1. The van der Waals surface area contributed by atoms with Gasteiger partial charge in [0.15, 0.2) is 0 Å². The molecule has 0 aromatic heterocycles. The maximum Gasteiger partial charge on any atom is 0.238 e. The number of carbonyl (C=O) groups is 1. The van der Waals surface area contributed by atoms with Gasteiger partial charge in [0.2, 0.25) is 5.91 Å². The summed E-state index contributed by atoms with van der Waals surface area (Å²) in [5.74, 6) is -0.227. The number of thioether (sulfide) groups is 1. The summed E-state index contributed by atoms with van der Waals surface area (Å²) in [4.78, 5) is 12.5. The first-order chi connectivity index (χ1) is 7.09. The van der Waals surface area contributed by atoms with Crippen LogP contribution >= 0.6 is 11.8 Å². The Hall–Kier alpha value is -1.03. The average molecular weight is 225 g/mol. The van der Waals surface area contributed by atoms with Crippen molar-refractivity contribution in [3.05, 3.63) is 24.0 Å². The minimum absolute atomic E-state index is 0.104. The first-order valence-corrected chi connectivity index (χ1v) is 5.73. The van der Waals surface area contributed by atoms with E-state index in [9.17, 15) is 9.18 Å². The SMILES string of the molecule is CC(C)C1Sc2cccc(F)c2NC1=O. The highest BCUT2D eigenvalue weighted by molar-refractivity contribution is 8.01. The molecule has 4 heteroatoms. The molecule has 1 amide bonds. The Morgan fingerprint density at radius 2 is 2.20 bits per heavy atom. The molecule has 1 aromatic rings. The summed E-state index contributed by atoms with van der Waals surface area (Å²) >= 11 is 1.44. The van der Waals surface area contributed by atoms with Crippen LogP contribution in [0.1, 0.15) is 13.8 Å². The number of fused-ring (bicyclic) bond motifs is 1. The van der Waals surface area contributed by atoms with Crippen molar-refractivity contribution in [2.45, 2.75) is 24.0 Å². The summed E-state index contributed by atoms with van der Waals surface area (Å²) in [6.45, 7) is 3.98. The third-order valence-electron chi connectivity index (χ3n) is 2.34. The van der Waals surface area contributed by atoms with Crippen LogP contribution in [-0.2, 0) is 4.79 Å². The van der Waals surface area contributed by atoms with Crippen molar-refractivity contribution >= 4 is 23.4 Å². The van der Waals surface area contributed by atoms with Gasteiger partial charge in [0.25, 0.3) is 0 Å². The standard InChI is InChI=1S/C11H12FNOS/c1-6(2)10-11(14)13-9-7(12)4-3-5-8(9)15-10/h3-6,10H,1-2H3,(H,13,14). The van der Waals surface area contributed by atoms with Gasteiger partial charge in [-0.05, 0) is 18.1 Å². The molecule has 2 rings (SSSR count). The van der Waals surface area contributed by atoms with E-state index in [4.69, 9.17) is 0 Å². The normalized spacial score (nSPS) is 20.0. The number of hydrogen-bond acceptors (Lipinski definition) is 2. The molecule has 0 saturated heterocycles. The number of para-hydroxylation sites is 1. The predicted octanol–water partition coefficient (Wildman–Crippen LogP) is 2.89. The fraction of sp³-hybridized carbons (Fsp3) is 0.364. The maximum absolute atomic E-state index is 13.3. The summed E-state index contributed by atoms with van der Waals surface area (Å²) in [5, 5.41) is 2.50. The fourth-order valence-corrected chi connectivity index (χ4v) is 2.68. The van der Waals surface area contributed by atoms with Crippen molar-refractivity contribution < 1.29 is 9.18 Å². The highest BCUT2D eigenvalue weighted by Crippen LogP contribution is 2.39. The summed E-state index contributed by atoms with van der Waals surface area (Å²) < 4.78 is 13.3. The Bertz CT molecular complexity index is 406. The van der Waals surface area contributed by atoms with Crippen molar-refractivity contribution in [3.63, 3.8) is 0 Å². The molecule has 80 valence electrons. The van der Waals surface area contributed by atoms with Gasteiger partial charge in [0.05, 0.1) is 10.9 Å². The van der Waals surface area contributed by atoms with Crippen LogP contribution in [0.3, 0.4) is 0 Å². The number of benzene rings is 1. The van der Waals surface area contributed by atoms with Crippen LogP contribution in [0.15, 0.2) is 23.1 Å². The highest BCUT2D eigenvalue weighted by Gasteiger charge is 2.30. The van der Waals surface area contributed by atoms with Crippen LogP contribution in [0.25, 0.3) is 0 Å². The van der Waals surface area contributed by atoms with Crippen molar-refractivity contribution in [1.82, 2.24) is 0 Å². The van der Waals surface area contributed by atoms with Crippen molar-refractivity contribution in [2.24, 2.45) is 5.92 Å². The summed E-state index contributed by atoms with van der Waals surface area (Å²) in [6.07, 6.45) is 0. The number of hydrogen-bond donors (Lipinski definition) is 1. The van der Waals surface area contributed by atoms with Gasteiger partial charge in [-0.15, -0.1) is 11.8 Å². The largest absolute Gasteiger partial charge is 0.322 e. The lowest BCUT2D eigenvalue weighted by Crippen LogP contribution is -2.33. The molecule has 0 bridgehead atoms. The second-order valence-corrected chi connectivity index (χ2v) is 5.07. The molecule has 0 radical (unpaired) electrons. The van der Waals surface area contributed by atoms with E-state index in [0.717, 1.165) is 4.90 Å². The molecule has 15 heavy (non-hydrogen) atoms. The second kappa shape index (κ2) is 3.85. The average Bonchev–Trinajstić information content (AvgIpc) is 2.18. The molecule has 0 aliphatic carbocycles. The molecule has 0 saturated carbocycles. The molecule has 0 fully saturated rings. The zero-order chi connectivity index (χ0) is 11.0. The van der Waals surface area contributed by atoms with Gasteiger partial charge in [-0.25, -0.2) is 4.39 Å². The second-order valence-electron chi connectivity index (χ2n) is 3.88. The van der Waals surface area contributed by atoms with Crippen LogP contribution in [0, 0.1) is 11.7 Å². The van der Waals surface area contributed by atoms with E-state index in [1.165, 1.54) is 17.8 Å². The Balaban J connectivity index is 2.38. The first-order valence-electron chi connectivity index (χ1n) is 4.85. The summed E-state index contributed by atoms with van der Waals surface area (Å²) in [5.41, 5.74) is 0.324. The van der Waals surface area contributed by atoms with Gasteiger partial charge in [0, 0.05) is 4.90 Å². The fourth-order valence-electron chi connectivity index (χ4n) is 1.55. The van der Waals surface area contributed by atoms with Gasteiger partial charge < -0.3 is 5.32 Å². The summed E-state index contributed by atoms with van der Waals surface area (Å²) in [7, 11) is 0. The van der Waals surface area contributed by atoms with Gasteiger partial charge >= 0.3 is 0 Å². The van der Waals surface area contributed by atoms with E-state index < -0.39 is 0 Å². The Labute approximate surface area is 92.3 Å². The molecule has 2 nitrogen and oxygen atoms in total. The molecule has 1 unspecified atom stereocenters. The maximum atomic E-state index is 13.3. The molecule has 1 aliphatic rings. The third-order valence-corrected chi connectivity index (χ3v) is 3.95. The number of anilines is 1. The van der Waals surface area contributed by atoms with Gasteiger partial charge in [-0.3, -0.25) is 4.79 Å². The summed E-state index contributed by atoms with van der Waals surface area (Å²) in [6, 6.07) is 4.85. The lowest BCUT2D eigenvalue weighted by atomic mass is 10.1. The first kappa shape index (κ1) is 10.5. The molecular weight excluding hydrogens is 213 g/mol. The van der Waals surface area contributed by atoms with Crippen LogP contribution in [-0.4, -0.2) is 11.2 Å². The van der Waals surface area contributed by atoms with E-state index in [1.807, 2.05) is 19.9 Å². The zero-order valence-corrected chi connectivity index (χ0v) is 9.40. The van der Waals surface area contributed by atoms with Crippen LogP contribution in [0.5, 0.6) is 0 Å². The van der Waals surface area contributed by atoms with E-state index in [-0.39, 0.29) is 22.9 Å². The smallest absolute Gasteiger partial charge is 0.238 e. The topological polar surface area (TPSA) is 29.1 Å². The minimum Gasteiger partial charge on any atom is -0.322 e. The molecule has 1 heterocycles. The van der Waals surface area contributed by atoms with Crippen molar-refractivity contribution in [1.29, 1.82) is 0 Å². The van der Waals surface area contributed by atoms with E-state index in [0.29, 0.717) is 5.69 Å². The van der Waals surface area contributed by atoms with Crippen LogP contribution < -0.4 is 5.32 Å². The van der Waals surface area contributed by atoms with E-state index >= 15 is 0 Å². The van der Waals surface area contributed by atoms with Gasteiger partial charge in [0.1, 0.15) is 5.82 Å². The minimum atomic E-state index is -0.365. The van der Waals surface area contributed by atoms with Gasteiger partial charge in [-0.2, -0.15) is 0 Å². The third kappa shape index (κ3) is 1.86. The van der Waals surface area contributed by atoms with Crippen molar-refractivity contribution in [2.75, 3.05) is 5.32 Å². The molecule has 0 spiro atoms. The highest BCUT2D eigenvalue weighted by atomic mass is 32.2. The van der Waals surface area contributed by atoms with Gasteiger partial charge in [-0.1, -0.05) is 19.9 Å².